The molecule has 1 aromatic rings. The fraction of sp³-hybridized carbons (Fsp3) is 0.600. The summed E-state index contributed by atoms with van der Waals surface area (Å²) < 4.78 is 28.8. The Balaban J connectivity index is 2.19. The van der Waals surface area contributed by atoms with E-state index in [1.165, 1.54) is 5.57 Å². The van der Waals surface area contributed by atoms with Crippen molar-refractivity contribution in [3.8, 4) is 0 Å². The molecule has 5 nitrogen and oxygen atoms in total. The number of aryl methyl sites for hydroxylation is 1. The summed E-state index contributed by atoms with van der Waals surface area (Å²) >= 11 is 0. The molecule has 1 aliphatic rings. The predicted molar refractivity (Wildman–Crippen MR) is 84.5 cm³/mol. The molecule has 0 bridgehead atoms. The van der Waals surface area contributed by atoms with Gasteiger partial charge in [0.2, 0.25) is 10.0 Å². The molecule has 0 amide bonds. The first-order valence-corrected chi connectivity index (χ1v) is 8.79. The third-order valence-electron chi connectivity index (χ3n) is 3.81. The van der Waals surface area contributed by atoms with Crippen LogP contribution in [0.5, 0.6) is 0 Å². The fourth-order valence-corrected chi connectivity index (χ4v) is 3.80. The third kappa shape index (κ3) is 3.75. The van der Waals surface area contributed by atoms with Crippen LogP contribution in [-0.4, -0.2) is 36.4 Å². The Labute approximate surface area is 127 Å². The Kier molecular flexibility index (Phi) is 4.91. The van der Waals surface area contributed by atoms with Gasteiger partial charge in [0.15, 0.2) is 0 Å². The maximum Gasteiger partial charge on any atom is 0.244 e. The van der Waals surface area contributed by atoms with E-state index in [0.29, 0.717) is 30.6 Å². The second kappa shape index (κ2) is 6.34. The van der Waals surface area contributed by atoms with Crippen LogP contribution in [0.15, 0.2) is 28.8 Å². The fourth-order valence-electron chi connectivity index (χ4n) is 2.32. The van der Waals surface area contributed by atoms with Crippen LogP contribution in [0.25, 0.3) is 0 Å². The van der Waals surface area contributed by atoms with Crippen molar-refractivity contribution in [1.82, 2.24) is 14.2 Å². The lowest BCUT2D eigenvalue weighted by atomic mass is 10.1. The van der Waals surface area contributed by atoms with E-state index < -0.39 is 10.0 Å². The van der Waals surface area contributed by atoms with Gasteiger partial charge < -0.3 is 9.88 Å². The van der Waals surface area contributed by atoms with Crippen LogP contribution in [0, 0.1) is 0 Å². The molecule has 118 valence electrons. The quantitative estimate of drug-likeness (QED) is 0.845. The summed E-state index contributed by atoms with van der Waals surface area (Å²) in [5.41, 5.74) is 2.24. The van der Waals surface area contributed by atoms with Crippen LogP contribution in [0.3, 0.4) is 0 Å². The lowest BCUT2D eigenvalue weighted by Gasteiger charge is -2.24. The van der Waals surface area contributed by atoms with E-state index in [4.69, 9.17) is 0 Å². The molecule has 0 radical (unpaired) electrons. The highest BCUT2D eigenvalue weighted by Crippen LogP contribution is 2.22. The van der Waals surface area contributed by atoms with E-state index in [1.807, 2.05) is 24.6 Å². The number of rotatable bonds is 5. The number of hydrogen-bond donors (Lipinski definition) is 1. The normalized spacial score (nSPS) is 17.3. The zero-order valence-corrected chi connectivity index (χ0v) is 14.1. The minimum Gasteiger partial charge on any atom is -0.352 e. The third-order valence-corrected chi connectivity index (χ3v) is 5.64. The van der Waals surface area contributed by atoms with Crippen molar-refractivity contribution >= 4 is 10.0 Å². The minimum atomic E-state index is -3.39. The monoisotopic (exact) mass is 311 g/mol. The molecule has 0 saturated heterocycles. The van der Waals surface area contributed by atoms with E-state index >= 15 is 0 Å². The maximum atomic E-state index is 12.7. The Hall–Kier alpha value is -1.11. The summed E-state index contributed by atoms with van der Waals surface area (Å²) in [7, 11) is -1.50. The van der Waals surface area contributed by atoms with E-state index in [0.717, 1.165) is 12.1 Å². The molecular formula is C15H25N3O2S. The first kappa shape index (κ1) is 16.3. The van der Waals surface area contributed by atoms with Crippen molar-refractivity contribution in [2.45, 2.75) is 44.7 Å². The van der Waals surface area contributed by atoms with Crippen LogP contribution in [-0.2, 0) is 23.6 Å². The van der Waals surface area contributed by atoms with Gasteiger partial charge >= 0.3 is 0 Å². The zero-order valence-electron chi connectivity index (χ0n) is 13.3. The van der Waals surface area contributed by atoms with Gasteiger partial charge in [0, 0.05) is 44.6 Å². The lowest BCUT2D eigenvalue weighted by molar-refractivity contribution is 0.431. The van der Waals surface area contributed by atoms with Crippen LogP contribution in [0.1, 0.15) is 32.9 Å². The summed E-state index contributed by atoms with van der Waals surface area (Å²) in [5.74, 6) is 0. The molecule has 2 rings (SSSR count). The molecule has 0 unspecified atom stereocenters. The Morgan fingerprint density at radius 3 is 2.67 bits per heavy atom. The number of hydrogen-bond acceptors (Lipinski definition) is 3. The maximum absolute atomic E-state index is 12.7. The first-order chi connectivity index (χ1) is 9.80. The lowest BCUT2D eigenvalue weighted by Crippen LogP contribution is -2.34. The molecule has 1 N–H and O–H groups in total. The van der Waals surface area contributed by atoms with Crippen molar-refractivity contribution < 1.29 is 8.42 Å². The number of aromatic nitrogens is 1. The summed E-state index contributed by atoms with van der Waals surface area (Å²) in [5, 5.41) is 3.31. The van der Waals surface area contributed by atoms with Crippen molar-refractivity contribution in [2.75, 3.05) is 13.1 Å². The molecule has 6 heteroatoms. The van der Waals surface area contributed by atoms with E-state index in [2.05, 4.69) is 19.2 Å². The highest BCUT2D eigenvalue weighted by molar-refractivity contribution is 7.89. The highest BCUT2D eigenvalue weighted by atomic mass is 32.2. The van der Waals surface area contributed by atoms with Gasteiger partial charge in [-0.1, -0.05) is 25.5 Å². The average Bonchev–Trinajstić information content (AvgIpc) is 2.79. The van der Waals surface area contributed by atoms with E-state index in [1.54, 1.807) is 16.6 Å². The minimum absolute atomic E-state index is 0.371. The number of nitrogens with one attached hydrogen (secondary N) is 1. The van der Waals surface area contributed by atoms with Crippen molar-refractivity contribution in [3.05, 3.63) is 29.6 Å². The molecule has 0 aromatic carbocycles. The van der Waals surface area contributed by atoms with Gasteiger partial charge in [0.05, 0.1) is 0 Å². The van der Waals surface area contributed by atoms with E-state index in [-0.39, 0.29) is 0 Å². The molecule has 0 spiro atoms. The van der Waals surface area contributed by atoms with Gasteiger partial charge in [-0.3, -0.25) is 0 Å². The summed E-state index contributed by atoms with van der Waals surface area (Å²) in [4.78, 5) is 0.388. The van der Waals surface area contributed by atoms with E-state index in [9.17, 15) is 8.42 Å². The van der Waals surface area contributed by atoms with Gasteiger partial charge in [-0.15, -0.1) is 0 Å². The molecule has 0 saturated carbocycles. The SMILES string of the molecule is CC1=CCN(S(=O)(=O)c2cc(CNC(C)C)n(C)c2)CC1. The molecule has 1 aliphatic heterocycles. The predicted octanol–water partition coefficient (Wildman–Crippen LogP) is 1.86. The first-order valence-electron chi connectivity index (χ1n) is 7.35. The summed E-state index contributed by atoms with van der Waals surface area (Å²) in [6.45, 7) is 7.90. The van der Waals surface area contributed by atoms with Crippen LogP contribution < -0.4 is 5.32 Å². The Bertz CT molecular complexity index is 629. The van der Waals surface area contributed by atoms with Crippen molar-refractivity contribution in [2.24, 2.45) is 7.05 Å². The standard InChI is InChI=1S/C15H25N3O2S/c1-12(2)16-10-14-9-15(11-17(14)4)21(19,20)18-7-5-13(3)6-8-18/h5,9,11-12,16H,6-8,10H2,1-4H3. The van der Waals surface area contributed by atoms with Crippen LogP contribution in [0.4, 0.5) is 0 Å². The number of nitrogens with zero attached hydrogens (tertiary/aromatic N) is 2. The molecule has 0 aliphatic carbocycles. The number of sulfonamides is 1. The second-order valence-corrected chi connectivity index (χ2v) is 7.92. The largest absolute Gasteiger partial charge is 0.352 e. The Morgan fingerprint density at radius 2 is 2.10 bits per heavy atom. The molecule has 0 atom stereocenters. The molecule has 1 aromatic heterocycles. The van der Waals surface area contributed by atoms with Crippen molar-refractivity contribution in [3.63, 3.8) is 0 Å². The van der Waals surface area contributed by atoms with Gasteiger partial charge in [-0.25, -0.2) is 8.42 Å². The smallest absolute Gasteiger partial charge is 0.244 e. The summed E-state index contributed by atoms with van der Waals surface area (Å²) in [6, 6.07) is 2.14. The molecule has 0 fully saturated rings. The van der Waals surface area contributed by atoms with Gasteiger partial charge in [0.25, 0.3) is 0 Å². The van der Waals surface area contributed by atoms with Crippen molar-refractivity contribution in [1.29, 1.82) is 0 Å². The van der Waals surface area contributed by atoms with Crippen LogP contribution >= 0.6 is 0 Å². The topological polar surface area (TPSA) is 54.3 Å². The summed E-state index contributed by atoms with van der Waals surface area (Å²) in [6.07, 6.45) is 4.51. The molecular weight excluding hydrogens is 286 g/mol. The molecule has 21 heavy (non-hydrogen) atoms. The second-order valence-electron chi connectivity index (χ2n) is 5.98. The van der Waals surface area contributed by atoms with Gasteiger partial charge in [-0.05, 0) is 19.4 Å². The zero-order chi connectivity index (χ0) is 15.6. The van der Waals surface area contributed by atoms with Gasteiger partial charge in [-0.2, -0.15) is 4.31 Å². The van der Waals surface area contributed by atoms with Gasteiger partial charge in [0.1, 0.15) is 4.90 Å². The average molecular weight is 311 g/mol. The van der Waals surface area contributed by atoms with Crippen LogP contribution in [0.2, 0.25) is 0 Å². The molecule has 2 heterocycles. The Morgan fingerprint density at radius 1 is 1.38 bits per heavy atom. The highest BCUT2D eigenvalue weighted by Gasteiger charge is 2.26.